The number of aromatic nitrogens is 1. The standard InChI is InChI=1S/C13H9BrClFN2O/c1-7-5-8(6-17-12(7)14)18-13(19)11-9(15)3-2-4-10(11)16/h2-6H,1H3,(H,18,19). The Morgan fingerprint density at radius 1 is 1.47 bits per heavy atom. The zero-order valence-electron chi connectivity index (χ0n) is 9.88. The molecule has 0 aliphatic carbocycles. The van der Waals surface area contributed by atoms with Gasteiger partial charge in [-0.3, -0.25) is 4.79 Å². The number of pyridine rings is 1. The molecule has 1 aromatic heterocycles. The van der Waals surface area contributed by atoms with Crippen LogP contribution in [0.15, 0.2) is 35.1 Å². The van der Waals surface area contributed by atoms with Crippen LogP contribution in [0.4, 0.5) is 10.1 Å². The quantitative estimate of drug-likeness (QED) is 0.831. The number of nitrogens with zero attached hydrogens (tertiary/aromatic N) is 1. The van der Waals surface area contributed by atoms with Crippen molar-refractivity contribution < 1.29 is 9.18 Å². The fraction of sp³-hybridized carbons (Fsp3) is 0.0769. The maximum absolute atomic E-state index is 13.6. The van der Waals surface area contributed by atoms with Crippen molar-refractivity contribution in [2.24, 2.45) is 0 Å². The van der Waals surface area contributed by atoms with Crippen molar-refractivity contribution in [2.45, 2.75) is 6.92 Å². The van der Waals surface area contributed by atoms with Crippen LogP contribution < -0.4 is 5.32 Å². The van der Waals surface area contributed by atoms with Gasteiger partial charge in [0, 0.05) is 0 Å². The largest absolute Gasteiger partial charge is 0.320 e. The third kappa shape index (κ3) is 3.11. The first kappa shape index (κ1) is 14.0. The molecule has 19 heavy (non-hydrogen) atoms. The zero-order chi connectivity index (χ0) is 14.0. The lowest BCUT2D eigenvalue weighted by Crippen LogP contribution is -2.14. The van der Waals surface area contributed by atoms with Crippen LogP contribution in [0.3, 0.4) is 0 Å². The Kier molecular flexibility index (Phi) is 4.17. The molecule has 0 saturated carbocycles. The maximum Gasteiger partial charge on any atom is 0.260 e. The van der Waals surface area contributed by atoms with E-state index in [1.54, 1.807) is 6.07 Å². The van der Waals surface area contributed by atoms with Crippen molar-refractivity contribution in [1.82, 2.24) is 4.98 Å². The van der Waals surface area contributed by atoms with Gasteiger partial charge in [0.25, 0.3) is 5.91 Å². The van der Waals surface area contributed by atoms with Crippen LogP contribution >= 0.6 is 27.5 Å². The van der Waals surface area contributed by atoms with E-state index < -0.39 is 11.7 Å². The summed E-state index contributed by atoms with van der Waals surface area (Å²) in [5, 5.41) is 2.63. The molecule has 0 spiro atoms. The summed E-state index contributed by atoms with van der Waals surface area (Å²) in [6.45, 7) is 1.84. The van der Waals surface area contributed by atoms with Crippen molar-refractivity contribution in [2.75, 3.05) is 5.32 Å². The molecule has 1 heterocycles. The Labute approximate surface area is 122 Å². The second-order valence-electron chi connectivity index (χ2n) is 3.88. The van der Waals surface area contributed by atoms with Gasteiger partial charge in [-0.25, -0.2) is 9.37 Å². The third-order valence-electron chi connectivity index (χ3n) is 2.46. The van der Waals surface area contributed by atoms with E-state index >= 15 is 0 Å². The smallest absolute Gasteiger partial charge is 0.260 e. The van der Waals surface area contributed by atoms with Gasteiger partial charge in [-0.05, 0) is 46.6 Å². The van der Waals surface area contributed by atoms with Crippen molar-refractivity contribution in [3.05, 3.63) is 57.0 Å². The molecule has 0 saturated heterocycles. The molecule has 0 unspecified atom stereocenters. The minimum atomic E-state index is -0.660. The highest BCUT2D eigenvalue weighted by atomic mass is 79.9. The lowest BCUT2D eigenvalue weighted by Gasteiger charge is -2.08. The summed E-state index contributed by atoms with van der Waals surface area (Å²) in [5.74, 6) is -1.27. The van der Waals surface area contributed by atoms with Gasteiger partial charge in [-0.15, -0.1) is 0 Å². The Morgan fingerprint density at radius 2 is 2.21 bits per heavy atom. The van der Waals surface area contributed by atoms with Gasteiger partial charge < -0.3 is 5.32 Å². The van der Waals surface area contributed by atoms with E-state index in [0.29, 0.717) is 10.3 Å². The molecule has 0 radical (unpaired) electrons. The van der Waals surface area contributed by atoms with Crippen LogP contribution in [0.25, 0.3) is 0 Å². The predicted molar refractivity (Wildman–Crippen MR) is 76.0 cm³/mol. The number of benzene rings is 1. The predicted octanol–water partition coefficient (Wildman–Crippen LogP) is 4.20. The first-order valence-electron chi connectivity index (χ1n) is 5.36. The molecule has 0 fully saturated rings. The average molecular weight is 344 g/mol. The van der Waals surface area contributed by atoms with Crippen molar-refractivity contribution in [1.29, 1.82) is 0 Å². The van der Waals surface area contributed by atoms with E-state index in [-0.39, 0.29) is 10.6 Å². The van der Waals surface area contributed by atoms with Crippen LogP contribution in [-0.2, 0) is 0 Å². The molecule has 1 N–H and O–H groups in total. The molecular weight excluding hydrogens is 335 g/mol. The van der Waals surface area contributed by atoms with E-state index in [1.165, 1.54) is 24.4 Å². The number of amides is 1. The van der Waals surface area contributed by atoms with Gasteiger partial charge >= 0.3 is 0 Å². The Hall–Kier alpha value is -1.46. The summed E-state index contributed by atoms with van der Waals surface area (Å²) in [4.78, 5) is 16.0. The van der Waals surface area contributed by atoms with Crippen molar-refractivity contribution in [3.63, 3.8) is 0 Å². The summed E-state index contributed by atoms with van der Waals surface area (Å²) in [6, 6.07) is 5.82. The Bertz CT molecular complexity index is 628. The van der Waals surface area contributed by atoms with E-state index in [0.717, 1.165) is 5.56 Å². The second-order valence-corrected chi connectivity index (χ2v) is 5.04. The fourth-order valence-electron chi connectivity index (χ4n) is 1.53. The van der Waals surface area contributed by atoms with Gasteiger partial charge in [-0.2, -0.15) is 0 Å². The lowest BCUT2D eigenvalue weighted by atomic mass is 10.2. The number of aryl methyl sites for hydroxylation is 1. The van der Waals surface area contributed by atoms with E-state index in [2.05, 4.69) is 26.2 Å². The molecule has 2 aromatic rings. The molecule has 0 aliphatic heterocycles. The highest BCUT2D eigenvalue weighted by molar-refractivity contribution is 9.10. The number of nitrogens with one attached hydrogen (secondary N) is 1. The molecule has 2 rings (SSSR count). The summed E-state index contributed by atoms with van der Waals surface area (Å²) in [6.07, 6.45) is 1.48. The molecule has 6 heteroatoms. The van der Waals surface area contributed by atoms with Crippen LogP contribution in [0.1, 0.15) is 15.9 Å². The molecule has 0 aliphatic rings. The summed E-state index contributed by atoms with van der Waals surface area (Å²) in [7, 11) is 0. The fourth-order valence-corrected chi connectivity index (χ4v) is 2.00. The van der Waals surface area contributed by atoms with E-state index in [1.807, 2.05) is 6.92 Å². The van der Waals surface area contributed by atoms with Crippen molar-refractivity contribution in [3.8, 4) is 0 Å². The van der Waals surface area contributed by atoms with Gasteiger partial charge in [0.1, 0.15) is 10.4 Å². The van der Waals surface area contributed by atoms with Crippen LogP contribution in [0, 0.1) is 12.7 Å². The number of hydrogen-bond donors (Lipinski definition) is 1. The minimum Gasteiger partial charge on any atom is -0.320 e. The van der Waals surface area contributed by atoms with Gasteiger partial charge in [-0.1, -0.05) is 17.7 Å². The molecule has 3 nitrogen and oxygen atoms in total. The molecule has 98 valence electrons. The van der Waals surface area contributed by atoms with Crippen LogP contribution in [0.2, 0.25) is 5.02 Å². The SMILES string of the molecule is Cc1cc(NC(=O)c2c(F)cccc2Cl)cnc1Br. The highest BCUT2D eigenvalue weighted by Gasteiger charge is 2.16. The molecule has 0 atom stereocenters. The zero-order valence-corrected chi connectivity index (χ0v) is 12.2. The number of rotatable bonds is 2. The van der Waals surface area contributed by atoms with Crippen LogP contribution in [0.5, 0.6) is 0 Å². The van der Waals surface area contributed by atoms with Gasteiger partial charge in [0.15, 0.2) is 0 Å². The minimum absolute atomic E-state index is 0.0688. The average Bonchev–Trinajstić information content (AvgIpc) is 2.33. The van der Waals surface area contributed by atoms with E-state index in [4.69, 9.17) is 11.6 Å². The van der Waals surface area contributed by atoms with Crippen molar-refractivity contribution >= 4 is 39.1 Å². The first-order valence-corrected chi connectivity index (χ1v) is 6.53. The van der Waals surface area contributed by atoms with Crippen LogP contribution in [-0.4, -0.2) is 10.9 Å². The molecule has 0 bridgehead atoms. The number of hydrogen-bond acceptors (Lipinski definition) is 2. The summed E-state index contributed by atoms with van der Waals surface area (Å²) in [5.41, 5.74) is 1.16. The molecule has 1 aromatic carbocycles. The second kappa shape index (κ2) is 5.67. The number of carbonyl (C=O) groups excluding carboxylic acids is 1. The first-order chi connectivity index (χ1) is 8.99. The number of halogens is 3. The lowest BCUT2D eigenvalue weighted by molar-refractivity contribution is 0.102. The molecule has 1 amide bonds. The molecular formula is C13H9BrClFN2O. The topological polar surface area (TPSA) is 42.0 Å². The van der Waals surface area contributed by atoms with Gasteiger partial charge in [0.2, 0.25) is 0 Å². The normalized spacial score (nSPS) is 10.3. The Morgan fingerprint density at radius 3 is 2.84 bits per heavy atom. The van der Waals surface area contributed by atoms with E-state index in [9.17, 15) is 9.18 Å². The maximum atomic E-state index is 13.6. The summed E-state index contributed by atoms with van der Waals surface area (Å²) < 4.78 is 14.3. The monoisotopic (exact) mass is 342 g/mol. The number of anilines is 1. The van der Waals surface area contributed by atoms with Gasteiger partial charge in [0.05, 0.1) is 22.5 Å². The summed E-state index contributed by atoms with van der Waals surface area (Å²) >= 11 is 9.08. The highest BCUT2D eigenvalue weighted by Crippen LogP contribution is 2.21. The third-order valence-corrected chi connectivity index (χ3v) is 3.61. The number of carbonyl (C=O) groups is 1. The Balaban J connectivity index is 2.28.